The third-order valence-corrected chi connectivity index (χ3v) is 3.18. The highest BCUT2D eigenvalue weighted by atomic mass is 15.0. The Kier molecular flexibility index (Phi) is 2.69. The molecule has 1 fully saturated rings. The highest BCUT2D eigenvalue weighted by Crippen LogP contribution is 2.23. The van der Waals surface area contributed by atoms with Crippen molar-refractivity contribution in [3.8, 4) is 0 Å². The third kappa shape index (κ3) is 2.24. The number of anilines is 1. The molecular weight excluding hydrogens is 210 g/mol. The van der Waals surface area contributed by atoms with E-state index in [2.05, 4.69) is 39.9 Å². The lowest BCUT2D eigenvalue weighted by molar-refractivity contribution is 0.676. The number of hydrogen-bond acceptors (Lipinski definition) is 3. The normalized spacial score (nSPS) is 15.1. The van der Waals surface area contributed by atoms with E-state index in [-0.39, 0.29) is 0 Å². The molecule has 1 aromatic heterocycles. The summed E-state index contributed by atoms with van der Waals surface area (Å²) in [5, 5.41) is 9.11. The van der Waals surface area contributed by atoms with Crippen LogP contribution in [0.2, 0.25) is 0 Å². The van der Waals surface area contributed by atoms with Crippen LogP contribution in [0.15, 0.2) is 30.3 Å². The second-order valence-electron chi connectivity index (χ2n) is 4.59. The second kappa shape index (κ2) is 4.34. The molecule has 3 heteroatoms. The van der Waals surface area contributed by atoms with Gasteiger partial charge in [-0.3, -0.25) is 0 Å². The Hall–Kier alpha value is -1.61. The van der Waals surface area contributed by atoms with Crippen molar-refractivity contribution >= 4 is 16.6 Å². The van der Waals surface area contributed by atoms with Gasteiger partial charge < -0.3 is 10.6 Å². The van der Waals surface area contributed by atoms with Gasteiger partial charge in [0.25, 0.3) is 0 Å². The zero-order chi connectivity index (χ0) is 11.7. The molecule has 0 aliphatic heterocycles. The number of hydrogen-bond donors (Lipinski definition) is 2. The Balaban J connectivity index is 1.95. The van der Waals surface area contributed by atoms with Crippen molar-refractivity contribution in [1.29, 1.82) is 0 Å². The molecule has 0 unspecified atom stereocenters. The average molecular weight is 227 g/mol. The molecule has 1 aliphatic rings. The molecule has 0 radical (unpaired) electrons. The highest BCUT2D eigenvalue weighted by molar-refractivity contribution is 5.92. The van der Waals surface area contributed by atoms with Gasteiger partial charge in [0.05, 0.1) is 5.69 Å². The standard InChI is InChI=1S/C14H17N3/c1-15-14-13-5-3-2-4-10(13)8-12(17-14)9-16-11-6-7-11/h2-5,8,11,16H,6-7,9H2,1H3,(H,15,17). The van der Waals surface area contributed by atoms with Crippen molar-refractivity contribution in [3.05, 3.63) is 36.0 Å². The van der Waals surface area contributed by atoms with Crippen LogP contribution in [0.3, 0.4) is 0 Å². The van der Waals surface area contributed by atoms with Gasteiger partial charge in [0.15, 0.2) is 0 Å². The van der Waals surface area contributed by atoms with Crippen LogP contribution in [0.25, 0.3) is 10.8 Å². The summed E-state index contributed by atoms with van der Waals surface area (Å²) in [6.07, 6.45) is 2.62. The molecule has 88 valence electrons. The first kappa shape index (κ1) is 10.5. The average Bonchev–Trinajstić information content (AvgIpc) is 3.19. The maximum Gasteiger partial charge on any atom is 0.133 e. The fourth-order valence-corrected chi connectivity index (χ4v) is 2.07. The van der Waals surface area contributed by atoms with Crippen molar-refractivity contribution in [2.24, 2.45) is 0 Å². The predicted octanol–water partition coefficient (Wildman–Crippen LogP) is 2.53. The molecule has 17 heavy (non-hydrogen) atoms. The van der Waals surface area contributed by atoms with Gasteiger partial charge in [0.2, 0.25) is 0 Å². The van der Waals surface area contributed by atoms with Crippen LogP contribution in [0.4, 0.5) is 5.82 Å². The summed E-state index contributed by atoms with van der Waals surface area (Å²) in [6, 6.07) is 11.3. The van der Waals surface area contributed by atoms with Crippen molar-refractivity contribution < 1.29 is 0 Å². The molecule has 0 atom stereocenters. The lowest BCUT2D eigenvalue weighted by Crippen LogP contribution is -2.16. The summed E-state index contributed by atoms with van der Waals surface area (Å²) in [5.41, 5.74) is 1.11. The minimum absolute atomic E-state index is 0.723. The smallest absolute Gasteiger partial charge is 0.133 e. The third-order valence-electron chi connectivity index (χ3n) is 3.18. The summed E-state index contributed by atoms with van der Waals surface area (Å²) < 4.78 is 0. The first-order valence-electron chi connectivity index (χ1n) is 6.16. The zero-order valence-electron chi connectivity index (χ0n) is 10.0. The lowest BCUT2D eigenvalue weighted by Gasteiger charge is -2.09. The molecule has 0 amide bonds. The number of aromatic nitrogens is 1. The fraction of sp³-hybridized carbons (Fsp3) is 0.357. The largest absolute Gasteiger partial charge is 0.373 e. The Bertz CT molecular complexity index is 532. The lowest BCUT2D eigenvalue weighted by atomic mass is 10.1. The van der Waals surface area contributed by atoms with Gasteiger partial charge in [0.1, 0.15) is 5.82 Å². The van der Waals surface area contributed by atoms with E-state index in [1.54, 1.807) is 0 Å². The first-order valence-corrected chi connectivity index (χ1v) is 6.16. The maximum atomic E-state index is 4.65. The molecule has 3 nitrogen and oxygen atoms in total. The van der Waals surface area contributed by atoms with E-state index in [0.29, 0.717) is 0 Å². The van der Waals surface area contributed by atoms with Crippen molar-refractivity contribution in [2.75, 3.05) is 12.4 Å². The Morgan fingerprint density at radius 1 is 1.29 bits per heavy atom. The summed E-state index contributed by atoms with van der Waals surface area (Å²) >= 11 is 0. The second-order valence-corrected chi connectivity index (χ2v) is 4.59. The Morgan fingerprint density at radius 2 is 2.12 bits per heavy atom. The van der Waals surface area contributed by atoms with Crippen LogP contribution < -0.4 is 10.6 Å². The Labute approximate surface area is 101 Å². The summed E-state index contributed by atoms with van der Waals surface area (Å²) in [7, 11) is 1.92. The van der Waals surface area contributed by atoms with Crippen LogP contribution in [-0.4, -0.2) is 18.1 Å². The Morgan fingerprint density at radius 3 is 2.88 bits per heavy atom. The van der Waals surface area contributed by atoms with E-state index in [0.717, 1.165) is 24.1 Å². The van der Waals surface area contributed by atoms with E-state index < -0.39 is 0 Å². The summed E-state index contributed by atoms with van der Waals surface area (Å²) in [4.78, 5) is 4.65. The van der Waals surface area contributed by atoms with Crippen LogP contribution in [-0.2, 0) is 6.54 Å². The molecule has 1 heterocycles. The van der Waals surface area contributed by atoms with E-state index >= 15 is 0 Å². The minimum Gasteiger partial charge on any atom is -0.373 e. The molecule has 1 aliphatic carbocycles. The van der Waals surface area contributed by atoms with Gasteiger partial charge in [-0.15, -0.1) is 0 Å². The highest BCUT2D eigenvalue weighted by Gasteiger charge is 2.20. The van der Waals surface area contributed by atoms with Crippen molar-refractivity contribution in [1.82, 2.24) is 10.3 Å². The monoisotopic (exact) mass is 227 g/mol. The molecule has 2 aromatic rings. The van der Waals surface area contributed by atoms with Crippen LogP contribution >= 0.6 is 0 Å². The number of fused-ring (bicyclic) bond motifs is 1. The van der Waals surface area contributed by atoms with E-state index in [9.17, 15) is 0 Å². The predicted molar refractivity (Wildman–Crippen MR) is 71.2 cm³/mol. The SMILES string of the molecule is CNc1nc(CNC2CC2)cc2ccccc12. The van der Waals surface area contributed by atoms with Crippen molar-refractivity contribution in [3.63, 3.8) is 0 Å². The molecule has 0 bridgehead atoms. The van der Waals surface area contributed by atoms with E-state index in [1.165, 1.54) is 23.6 Å². The number of nitrogens with zero attached hydrogens (tertiary/aromatic N) is 1. The quantitative estimate of drug-likeness (QED) is 0.842. The first-order chi connectivity index (χ1) is 8.36. The van der Waals surface area contributed by atoms with E-state index in [4.69, 9.17) is 0 Å². The maximum absolute atomic E-state index is 4.65. The van der Waals surface area contributed by atoms with Crippen LogP contribution in [0.1, 0.15) is 18.5 Å². The zero-order valence-corrected chi connectivity index (χ0v) is 10.0. The molecule has 0 saturated heterocycles. The molecule has 3 rings (SSSR count). The summed E-state index contributed by atoms with van der Waals surface area (Å²) in [5.74, 6) is 0.968. The summed E-state index contributed by atoms with van der Waals surface area (Å²) in [6.45, 7) is 0.865. The number of nitrogens with one attached hydrogen (secondary N) is 2. The number of benzene rings is 1. The van der Waals surface area contributed by atoms with Crippen molar-refractivity contribution in [2.45, 2.75) is 25.4 Å². The van der Waals surface area contributed by atoms with Gasteiger partial charge in [-0.05, 0) is 24.3 Å². The van der Waals surface area contributed by atoms with Gasteiger partial charge in [-0.25, -0.2) is 4.98 Å². The van der Waals surface area contributed by atoms with E-state index in [1.807, 2.05) is 13.1 Å². The van der Waals surface area contributed by atoms with Gasteiger partial charge in [-0.1, -0.05) is 24.3 Å². The molecule has 1 saturated carbocycles. The number of rotatable bonds is 4. The van der Waals surface area contributed by atoms with Crippen LogP contribution in [0, 0.1) is 0 Å². The topological polar surface area (TPSA) is 37.0 Å². The molecule has 0 spiro atoms. The molecule has 2 N–H and O–H groups in total. The minimum atomic E-state index is 0.723. The van der Waals surface area contributed by atoms with Gasteiger partial charge >= 0.3 is 0 Å². The van der Waals surface area contributed by atoms with Gasteiger partial charge in [-0.2, -0.15) is 0 Å². The van der Waals surface area contributed by atoms with Crippen LogP contribution in [0.5, 0.6) is 0 Å². The number of pyridine rings is 1. The molecular formula is C14H17N3. The van der Waals surface area contributed by atoms with Gasteiger partial charge in [0, 0.05) is 25.0 Å². The molecule has 1 aromatic carbocycles. The fourth-order valence-electron chi connectivity index (χ4n) is 2.07.